The molecule has 3 N–H and O–H groups in total. The van der Waals surface area contributed by atoms with Crippen molar-refractivity contribution in [2.75, 3.05) is 30.4 Å². The van der Waals surface area contributed by atoms with E-state index in [0.717, 1.165) is 25.1 Å². The molecule has 0 aliphatic carbocycles. The predicted octanol–water partition coefficient (Wildman–Crippen LogP) is 6.59. The first-order chi connectivity index (χ1) is 17.9. The summed E-state index contributed by atoms with van der Waals surface area (Å²) in [5.74, 6) is -0.600. The topological polar surface area (TPSA) is 90.9 Å². The van der Waals surface area contributed by atoms with Crippen molar-refractivity contribution < 1.29 is 19.4 Å². The molecule has 1 heterocycles. The highest BCUT2D eigenvalue weighted by Crippen LogP contribution is 2.44. The molecule has 1 aliphatic heterocycles. The number of hydrogen-bond donors (Lipinski definition) is 3. The summed E-state index contributed by atoms with van der Waals surface area (Å²) in [6.45, 7) is 6.57. The van der Waals surface area contributed by atoms with Crippen LogP contribution < -0.4 is 20.3 Å². The third-order valence-corrected chi connectivity index (χ3v) is 6.59. The summed E-state index contributed by atoms with van der Waals surface area (Å²) in [7, 11) is 1.50. The van der Waals surface area contributed by atoms with Gasteiger partial charge in [-0.15, -0.1) is 0 Å². The first-order valence-electron chi connectivity index (χ1n) is 13.0. The summed E-state index contributed by atoms with van der Waals surface area (Å²) < 4.78 is 6.12. The van der Waals surface area contributed by atoms with Gasteiger partial charge in [0.25, 0.3) is 5.91 Å². The Balaban J connectivity index is 1.58. The first kappa shape index (κ1) is 26.1. The third kappa shape index (κ3) is 6.05. The van der Waals surface area contributed by atoms with Crippen LogP contribution in [0.5, 0.6) is 11.5 Å². The summed E-state index contributed by atoms with van der Waals surface area (Å²) in [6, 6.07) is 17.5. The molecule has 0 saturated heterocycles. The average Bonchev–Trinajstić information content (AvgIpc) is 2.91. The van der Waals surface area contributed by atoms with Crippen molar-refractivity contribution in [1.82, 2.24) is 5.32 Å². The Morgan fingerprint density at radius 3 is 2.35 bits per heavy atom. The lowest BCUT2D eigenvalue weighted by molar-refractivity contribution is 0.0697. The maximum absolute atomic E-state index is 12.2. The predicted molar refractivity (Wildman–Crippen MR) is 148 cm³/mol. The van der Waals surface area contributed by atoms with E-state index in [1.54, 1.807) is 6.07 Å². The third-order valence-electron chi connectivity index (χ3n) is 6.59. The fourth-order valence-corrected chi connectivity index (χ4v) is 4.55. The molecule has 0 saturated carbocycles. The van der Waals surface area contributed by atoms with Crippen LogP contribution in [0, 0.1) is 0 Å². The van der Waals surface area contributed by atoms with E-state index < -0.39 is 5.97 Å². The summed E-state index contributed by atoms with van der Waals surface area (Å²) in [5.41, 5.74) is 4.79. The van der Waals surface area contributed by atoms with Gasteiger partial charge in [-0.3, -0.25) is 4.79 Å². The Hall–Kier alpha value is -4.00. The van der Waals surface area contributed by atoms with Crippen molar-refractivity contribution in [3.63, 3.8) is 0 Å². The fraction of sp³-hybridized carbons (Fsp3) is 0.333. The van der Waals surface area contributed by atoms with Crippen LogP contribution in [0.15, 0.2) is 54.6 Å². The van der Waals surface area contributed by atoms with Crippen LogP contribution in [0.25, 0.3) is 0 Å². The van der Waals surface area contributed by atoms with Gasteiger partial charge in [0.2, 0.25) is 0 Å². The molecule has 7 heteroatoms. The first-order valence-corrected chi connectivity index (χ1v) is 13.0. The molecule has 0 fully saturated rings. The highest BCUT2D eigenvalue weighted by molar-refractivity contribution is 6.03. The fourth-order valence-electron chi connectivity index (χ4n) is 4.55. The zero-order chi connectivity index (χ0) is 26.4. The number of fused-ring (bicyclic) bond motifs is 2. The number of unbranched alkanes of at least 4 members (excludes halogenated alkanes) is 2. The number of hydrogen-bond acceptors (Lipinski definition) is 5. The molecule has 37 heavy (non-hydrogen) atoms. The zero-order valence-corrected chi connectivity index (χ0v) is 21.8. The van der Waals surface area contributed by atoms with Gasteiger partial charge < -0.3 is 25.4 Å². The van der Waals surface area contributed by atoms with Crippen LogP contribution >= 0.6 is 0 Å². The molecular formula is C30H35N3O4. The van der Waals surface area contributed by atoms with Crippen LogP contribution in [0.1, 0.15) is 71.4 Å². The Labute approximate surface area is 218 Å². The van der Waals surface area contributed by atoms with Crippen molar-refractivity contribution in [3.8, 4) is 11.5 Å². The maximum atomic E-state index is 12.2. The van der Waals surface area contributed by atoms with Crippen LogP contribution in [0.2, 0.25) is 0 Å². The van der Waals surface area contributed by atoms with E-state index in [9.17, 15) is 14.7 Å². The van der Waals surface area contributed by atoms with Gasteiger partial charge in [-0.1, -0.05) is 44.9 Å². The Morgan fingerprint density at radius 1 is 0.946 bits per heavy atom. The molecule has 0 unspecified atom stereocenters. The maximum Gasteiger partial charge on any atom is 0.337 e. The van der Waals surface area contributed by atoms with E-state index in [0.29, 0.717) is 22.9 Å². The van der Waals surface area contributed by atoms with Crippen molar-refractivity contribution in [1.29, 1.82) is 0 Å². The largest absolute Gasteiger partial charge is 0.478 e. The summed E-state index contributed by atoms with van der Waals surface area (Å²) in [5, 5.41) is 15.4. The Kier molecular flexibility index (Phi) is 8.33. The van der Waals surface area contributed by atoms with E-state index >= 15 is 0 Å². The Morgan fingerprint density at radius 2 is 1.68 bits per heavy atom. The van der Waals surface area contributed by atoms with Gasteiger partial charge in [0, 0.05) is 31.4 Å². The number of carbonyl (C=O) groups is 2. The van der Waals surface area contributed by atoms with E-state index in [-0.39, 0.29) is 17.0 Å². The molecule has 1 aliphatic rings. The number of benzene rings is 3. The minimum atomic E-state index is -1.13. The summed E-state index contributed by atoms with van der Waals surface area (Å²) in [6.07, 6.45) is 5.44. The van der Waals surface area contributed by atoms with Gasteiger partial charge in [-0.2, -0.15) is 0 Å². The molecule has 7 nitrogen and oxygen atoms in total. The lowest BCUT2D eigenvalue weighted by atomic mass is 10.0. The van der Waals surface area contributed by atoms with Gasteiger partial charge in [0.15, 0.2) is 11.5 Å². The van der Waals surface area contributed by atoms with Gasteiger partial charge >= 0.3 is 5.97 Å². The molecule has 0 bridgehead atoms. The molecule has 1 amide bonds. The molecule has 4 rings (SSSR count). The number of aromatic carboxylic acids is 1. The van der Waals surface area contributed by atoms with Crippen LogP contribution in [0.4, 0.5) is 17.1 Å². The highest BCUT2D eigenvalue weighted by Gasteiger charge is 2.25. The average molecular weight is 502 g/mol. The number of carboxylic acids is 1. The normalized spacial score (nSPS) is 11.5. The number of ether oxygens (including phenoxy) is 1. The van der Waals surface area contributed by atoms with Crippen LogP contribution in [-0.2, 0) is 6.42 Å². The number of nitrogens with zero attached hydrogens (tertiary/aromatic N) is 1. The Bertz CT molecular complexity index is 1280. The molecule has 3 aromatic carbocycles. The van der Waals surface area contributed by atoms with Crippen LogP contribution in [-0.4, -0.2) is 37.1 Å². The standard InChI is InChI=1S/C30H35N3O4/c1-4-6-13-33(14-7-5-2)23-10-8-9-20(16-23)15-21-11-12-25-26(17-21)37-27-19-22(29(34)31-3)18-24(30(35)36)28(27)32-25/h8-12,16-19,32H,4-7,13-15H2,1-3H3,(H,31,34)(H,35,36). The number of anilines is 3. The molecule has 0 aromatic heterocycles. The molecule has 194 valence electrons. The lowest BCUT2D eigenvalue weighted by Crippen LogP contribution is -2.25. The van der Waals surface area contributed by atoms with Crippen molar-refractivity contribution in [3.05, 3.63) is 76.9 Å². The molecule has 0 spiro atoms. The molecule has 0 radical (unpaired) electrons. The van der Waals surface area contributed by atoms with E-state index in [4.69, 9.17) is 4.74 Å². The number of nitrogens with one attached hydrogen (secondary N) is 2. The SMILES string of the molecule is CCCCN(CCCC)c1cccc(Cc2ccc3c(c2)Oc2cc(C(=O)NC)cc(C(=O)O)c2N3)c1. The second-order valence-corrected chi connectivity index (χ2v) is 9.38. The van der Waals surface area contributed by atoms with Crippen molar-refractivity contribution >= 4 is 28.9 Å². The van der Waals surface area contributed by atoms with Gasteiger partial charge in [-0.05, 0) is 66.8 Å². The van der Waals surface area contributed by atoms with Crippen molar-refractivity contribution in [2.45, 2.75) is 46.0 Å². The lowest BCUT2D eigenvalue weighted by Gasteiger charge is -2.25. The number of rotatable bonds is 11. The quantitative estimate of drug-likeness (QED) is 0.215. The summed E-state index contributed by atoms with van der Waals surface area (Å²) >= 11 is 0. The minimum Gasteiger partial charge on any atom is -0.478 e. The number of carbonyl (C=O) groups excluding carboxylic acids is 1. The van der Waals surface area contributed by atoms with E-state index in [1.165, 1.54) is 50.0 Å². The molecule has 3 aromatic rings. The van der Waals surface area contributed by atoms with E-state index in [2.05, 4.69) is 53.6 Å². The van der Waals surface area contributed by atoms with Gasteiger partial charge in [0.1, 0.15) is 0 Å². The van der Waals surface area contributed by atoms with E-state index in [1.807, 2.05) is 18.2 Å². The van der Waals surface area contributed by atoms with Crippen molar-refractivity contribution in [2.24, 2.45) is 0 Å². The smallest absolute Gasteiger partial charge is 0.337 e. The van der Waals surface area contributed by atoms with Crippen LogP contribution in [0.3, 0.4) is 0 Å². The molecular weight excluding hydrogens is 466 g/mol. The second kappa shape index (κ2) is 11.8. The molecule has 0 atom stereocenters. The monoisotopic (exact) mass is 501 g/mol. The summed E-state index contributed by atoms with van der Waals surface area (Å²) in [4.78, 5) is 26.5. The minimum absolute atomic E-state index is 0.0154. The highest BCUT2D eigenvalue weighted by atomic mass is 16.5. The zero-order valence-electron chi connectivity index (χ0n) is 21.8. The van der Waals surface area contributed by atoms with Gasteiger partial charge in [0.05, 0.1) is 16.9 Å². The number of carboxylic acid groups (broad SMARTS) is 1. The second-order valence-electron chi connectivity index (χ2n) is 9.38. The van der Waals surface area contributed by atoms with Gasteiger partial charge in [-0.25, -0.2) is 4.79 Å². The number of amides is 1.